The number of rotatable bonds is 4. The maximum atomic E-state index is 12.0. The number of hydrogen-bond donors (Lipinski definition) is 1. The fourth-order valence-corrected chi connectivity index (χ4v) is 1.93. The van der Waals surface area contributed by atoms with Gasteiger partial charge in [0.2, 0.25) is 0 Å². The Balaban J connectivity index is 2.04. The zero-order chi connectivity index (χ0) is 14.5. The van der Waals surface area contributed by atoms with E-state index in [1.54, 1.807) is 35.1 Å². The number of benzene rings is 1. The van der Waals surface area contributed by atoms with Crippen LogP contribution in [-0.4, -0.2) is 15.7 Å². The van der Waals surface area contributed by atoms with E-state index in [-0.39, 0.29) is 12.5 Å². The molecule has 5 nitrogen and oxygen atoms in total. The number of carbonyl (C=O) groups excluding carboxylic acids is 1. The van der Waals surface area contributed by atoms with Gasteiger partial charge in [0.15, 0.2) is 0 Å². The average Bonchev–Trinajstić information content (AvgIpc) is 2.85. The van der Waals surface area contributed by atoms with E-state index in [1.165, 1.54) is 0 Å². The number of halogens is 1. The van der Waals surface area contributed by atoms with E-state index >= 15 is 0 Å². The largest absolute Gasteiger partial charge is 0.346 e. The maximum Gasteiger partial charge on any atom is 0.251 e. The highest BCUT2D eigenvalue weighted by molar-refractivity contribution is 6.31. The third kappa shape index (κ3) is 3.16. The van der Waals surface area contributed by atoms with Crippen molar-refractivity contribution >= 4 is 17.5 Å². The SMILES string of the molecule is CCn1cc(Cl)c(CNC(=O)c2cccc(C#N)c2)n1. The molecule has 0 bridgehead atoms. The molecule has 0 aliphatic heterocycles. The highest BCUT2D eigenvalue weighted by Crippen LogP contribution is 2.13. The molecule has 0 aliphatic rings. The zero-order valence-corrected chi connectivity index (χ0v) is 11.7. The Morgan fingerprint density at radius 1 is 1.55 bits per heavy atom. The molecule has 0 saturated carbocycles. The normalized spacial score (nSPS) is 10.1. The van der Waals surface area contributed by atoms with Crippen LogP contribution in [-0.2, 0) is 13.1 Å². The first-order valence-corrected chi connectivity index (χ1v) is 6.52. The molecule has 20 heavy (non-hydrogen) atoms. The number of nitrogens with one attached hydrogen (secondary N) is 1. The summed E-state index contributed by atoms with van der Waals surface area (Å²) in [4.78, 5) is 12.0. The predicted molar refractivity (Wildman–Crippen MR) is 75.2 cm³/mol. The van der Waals surface area contributed by atoms with Crippen molar-refractivity contribution in [3.8, 4) is 6.07 Å². The second-order valence-corrected chi connectivity index (χ2v) is 4.56. The predicted octanol–water partition coefficient (Wildman–Crippen LogP) is 2.36. The molecule has 0 fully saturated rings. The van der Waals surface area contributed by atoms with Crippen LogP contribution in [0.3, 0.4) is 0 Å². The van der Waals surface area contributed by atoms with Crippen LogP contribution in [0, 0.1) is 11.3 Å². The molecule has 2 rings (SSSR count). The van der Waals surface area contributed by atoms with Crippen LogP contribution in [0.5, 0.6) is 0 Å². The Bertz CT molecular complexity index is 672. The second-order valence-electron chi connectivity index (χ2n) is 4.15. The number of hydrogen-bond acceptors (Lipinski definition) is 3. The highest BCUT2D eigenvalue weighted by atomic mass is 35.5. The number of aryl methyl sites for hydroxylation is 1. The summed E-state index contributed by atoms with van der Waals surface area (Å²) in [5.41, 5.74) is 1.51. The van der Waals surface area contributed by atoms with Crippen LogP contribution in [0.25, 0.3) is 0 Å². The maximum absolute atomic E-state index is 12.0. The smallest absolute Gasteiger partial charge is 0.251 e. The second kappa shape index (κ2) is 6.22. The number of carbonyl (C=O) groups is 1. The number of amides is 1. The summed E-state index contributed by atoms with van der Waals surface area (Å²) in [5.74, 6) is -0.260. The van der Waals surface area contributed by atoms with Crippen LogP contribution in [0.2, 0.25) is 5.02 Å². The van der Waals surface area contributed by atoms with Gasteiger partial charge in [-0.15, -0.1) is 0 Å². The van der Waals surface area contributed by atoms with Gasteiger partial charge in [0.25, 0.3) is 5.91 Å². The van der Waals surface area contributed by atoms with Gasteiger partial charge in [0.05, 0.1) is 23.2 Å². The molecule has 0 atom stereocenters. The Morgan fingerprint density at radius 2 is 2.35 bits per heavy atom. The third-order valence-corrected chi connectivity index (χ3v) is 3.10. The number of nitriles is 1. The summed E-state index contributed by atoms with van der Waals surface area (Å²) in [5, 5.41) is 16.3. The highest BCUT2D eigenvalue weighted by Gasteiger charge is 2.10. The Kier molecular flexibility index (Phi) is 4.38. The van der Waals surface area contributed by atoms with Crippen LogP contribution in [0.4, 0.5) is 0 Å². The standard InChI is InChI=1S/C14H13ClN4O/c1-2-19-9-12(15)13(18-19)8-17-14(20)11-5-3-4-10(6-11)7-16/h3-6,9H,2,8H2,1H3,(H,17,20). The van der Waals surface area contributed by atoms with Crippen molar-refractivity contribution in [3.63, 3.8) is 0 Å². The zero-order valence-electron chi connectivity index (χ0n) is 10.9. The van der Waals surface area contributed by atoms with E-state index in [0.29, 0.717) is 21.8 Å². The van der Waals surface area contributed by atoms with Crippen molar-refractivity contribution in [2.45, 2.75) is 20.0 Å². The van der Waals surface area contributed by atoms with Gasteiger partial charge in [0.1, 0.15) is 5.69 Å². The monoisotopic (exact) mass is 288 g/mol. The summed E-state index contributed by atoms with van der Waals surface area (Å²) in [6.45, 7) is 2.93. The van der Waals surface area contributed by atoms with E-state index in [9.17, 15) is 4.79 Å². The average molecular weight is 289 g/mol. The van der Waals surface area contributed by atoms with Crippen molar-refractivity contribution in [3.05, 3.63) is 52.3 Å². The van der Waals surface area contributed by atoms with Crippen LogP contribution in [0.1, 0.15) is 28.5 Å². The molecule has 0 saturated heterocycles. The molecule has 1 amide bonds. The molecule has 2 aromatic rings. The summed E-state index contributed by atoms with van der Waals surface area (Å²) >= 11 is 6.02. The van der Waals surface area contributed by atoms with E-state index in [0.717, 1.165) is 6.54 Å². The molecular weight excluding hydrogens is 276 g/mol. The van der Waals surface area contributed by atoms with Gasteiger partial charge in [-0.25, -0.2) is 0 Å². The van der Waals surface area contributed by atoms with Gasteiger partial charge in [-0.05, 0) is 25.1 Å². The van der Waals surface area contributed by atoms with Crippen LogP contribution < -0.4 is 5.32 Å². The minimum absolute atomic E-state index is 0.251. The first-order valence-electron chi connectivity index (χ1n) is 6.14. The molecule has 0 radical (unpaired) electrons. The lowest BCUT2D eigenvalue weighted by molar-refractivity contribution is 0.0950. The topological polar surface area (TPSA) is 70.7 Å². The third-order valence-electron chi connectivity index (χ3n) is 2.78. The van der Waals surface area contributed by atoms with E-state index in [4.69, 9.17) is 16.9 Å². The van der Waals surface area contributed by atoms with Crippen LogP contribution in [0.15, 0.2) is 30.5 Å². The summed E-state index contributed by atoms with van der Waals surface area (Å²) in [6.07, 6.45) is 1.72. The molecule has 1 aromatic carbocycles. The molecule has 1 aromatic heterocycles. The van der Waals surface area contributed by atoms with Gasteiger partial charge in [-0.2, -0.15) is 10.4 Å². The van der Waals surface area contributed by atoms with Gasteiger partial charge in [-0.3, -0.25) is 9.48 Å². The summed E-state index contributed by atoms with van der Waals surface area (Å²) in [6, 6.07) is 8.52. The molecule has 102 valence electrons. The molecule has 0 unspecified atom stereocenters. The first kappa shape index (κ1) is 14.1. The van der Waals surface area contributed by atoms with Crippen molar-refractivity contribution in [1.82, 2.24) is 15.1 Å². The van der Waals surface area contributed by atoms with E-state index < -0.39 is 0 Å². The Hall–Kier alpha value is -2.32. The molecule has 1 heterocycles. The molecule has 1 N–H and O–H groups in total. The number of aromatic nitrogens is 2. The van der Waals surface area contributed by atoms with E-state index in [2.05, 4.69) is 10.4 Å². The van der Waals surface area contributed by atoms with Gasteiger partial charge < -0.3 is 5.32 Å². The first-order chi connectivity index (χ1) is 9.63. The van der Waals surface area contributed by atoms with Crippen molar-refractivity contribution in [1.29, 1.82) is 5.26 Å². The van der Waals surface area contributed by atoms with Crippen molar-refractivity contribution < 1.29 is 4.79 Å². The van der Waals surface area contributed by atoms with Gasteiger partial charge in [-0.1, -0.05) is 17.7 Å². The quantitative estimate of drug-likeness (QED) is 0.939. The van der Waals surface area contributed by atoms with Gasteiger partial charge >= 0.3 is 0 Å². The minimum atomic E-state index is -0.260. The Labute approximate surface area is 121 Å². The van der Waals surface area contributed by atoms with E-state index in [1.807, 2.05) is 13.0 Å². The number of nitrogens with zero attached hydrogens (tertiary/aromatic N) is 3. The molecule has 0 spiro atoms. The lowest BCUT2D eigenvalue weighted by atomic mass is 10.1. The summed E-state index contributed by atoms with van der Waals surface area (Å²) < 4.78 is 1.71. The van der Waals surface area contributed by atoms with Gasteiger partial charge in [0, 0.05) is 18.3 Å². The molecular formula is C14H13ClN4O. The lowest BCUT2D eigenvalue weighted by Gasteiger charge is -2.04. The fourth-order valence-electron chi connectivity index (χ4n) is 1.71. The molecule has 0 aliphatic carbocycles. The Morgan fingerprint density at radius 3 is 3.00 bits per heavy atom. The lowest BCUT2D eigenvalue weighted by Crippen LogP contribution is -2.23. The van der Waals surface area contributed by atoms with Crippen LogP contribution >= 0.6 is 11.6 Å². The molecule has 6 heteroatoms. The summed E-state index contributed by atoms with van der Waals surface area (Å²) in [7, 11) is 0. The minimum Gasteiger partial charge on any atom is -0.346 e. The van der Waals surface area contributed by atoms with Crippen molar-refractivity contribution in [2.75, 3.05) is 0 Å². The van der Waals surface area contributed by atoms with Crippen molar-refractivity contribution in [2.24, 2.45) is 0 Å². The fraction of sp³-hybridized carbons (Fsp3) is 0.214.